The van der Waals surface area contributed by atoms with Gasteiger partial charge in [0.15, 0.2) is 0 Å². The van der Waals surface area contributed by atoms with Gasteiger partial charge in [0.2, 0.25) is 0 Å². The Morgan fingerprint density at radius 3 is 2.26 bits per heavy atom. The van der Waals surface area contributed by atoms with Gasteiger partial charge in [-0.2, -0.15) is 0 Å². The van der Waals surface area contributed by atoms with Gasteiger partial charge in [-0.15, -0.1) is 0 Å². The Morgan fingerprint density at radius 2 is 1.79 bits per heavy atom. The molecule has 1 heterocycles. The maximum Gasteiger partial charge on any atom is 0.494 e. The summed E-state index contributed by atoms with van der Waals surface area (Å²) in [7, 11) is -0.223. The van der Waals surface area contributed by atoms with Crippen molar-refractivity contribution in [2.45, 2.75) is 66.1 Å². The Hall–Kier alpha value is -0.795. The standard InChI is InChI=1S/C14H21BO2.C2H6/c1-5-12-6-8-13(9-7-12)15-16-11(2)10-14(3,4)17-15;1-2/h6-9,11H,5,10H2,1-4H3;1-2H3. The van der Waals surface area contributed by atoms with Crippen molar-refractivity contribution in [3.63, 3.8) is 0 Å². The smallest absolute Gasteiger partial charge is 0.405 e. The van der Waals surface area contributed by atoms with E-state index >= 15 is 0 Å². The monoisotopic (exact) mass is 262 g/mol. The van der Waals surface area contributed by atoms with E-state index in [1.807, 2.05) is 13.8 Å². The van der Waals surface area contributed by atoms with Crippen LogP contribution in [0.5, 0.6) is 0 Å². The Bertz CT molecular complexity index is 373. The number of rotatable bonds is 2. The van der Waals surface area contributed by atoms with Gasteiger partial charge in [0.25, 0.3) is 0 Å². The number of hydrogen-bond donors (Lipinski definition) is 0. The van der Waals surface area contributed by atoms with E-state index in [4.69, 9.17) is 9.31 Å². The van der Waals surface area contributed by atoms with E-state index in [2.05, 4.69) is 52.0 Å². The van der Waals surface area contributed by atoms with Crippen LogP contribution in [0.1, 0.15) is 53.5 Å². The maximum atomic E-state index is 5.98. The highest BCUT2D eigenvalue weighted by Gasteiger charge is 2.37. The maximum absolute atomic E-state index is 5.98. The molecule has 0 amide bonds. The predicted molar refractivity (Wildman–Crippen MR) is 82.9 cm³/mol. The van der Waals surface area contributed by atoms with Gasteiger partial charge < -0.3 is 9.31 Å². The van der Waals surface area contributed by atoms with Crippen molar-refractivity contribution in [1.82, 2.24) is 0 Å². The van der Waals surface area contributed by atoms with Crippen LogP contribution in [0, 0.1) is 0 Å². The fourth-order valence-corrected chi connectivity index (χ4v) is 2.37. The molecule has 0 radical (unpaired) electrons. The van der Waals surface area contributed by atoms with Gasteiger partial charge in [-0.3, -0.25) is 0 Å². The van der Waals surface area contributed by atoms with Crippen molar-refractivity contribution in [2.75, 3.05) is 0 Å². The molecular formula is C16H27BO2. The van der Waals surface area contributed by atoms with Crippen LogP contribution in [-0.2, 0) is 15.7 Å². The van der Waals surface area contributed by atoms with Crippen LogP contribution in [0.4, 0.5) is 0 Å². The number of hydrogen-bond acceptors (Lipinski definition) is 2. The fraction of sp³-hybridized carbons (Fsp3) is 0.625. The van der Waals surface area contributed by atoms with Crippen LogP contribution < -0.4 is 5.46 Å². The Kier molecular flexibility index (Phi) is 6.09. The molecule has 106 valence electrons. The summed E-state index contributed by atoms with van der Waals surface area (Å²) in [5.41, 5.74) is 2.35. The minimum Gasteiger partial charge on any atom is -0.405 e. The lowest BCUT2D eigenvalue weighted by Crippen LogP contribution is -2.51. The number of aryl methyl sites for hydroxylation is 1. The molecule has 1 fully saturated rings. The molecule has 0 spiro atoms. The molecule has 19 heavy (non-hydrogen) atoms. The summed E-state index contributed by atoms with van der Waals surface area (Å²) < 4.78 is 11.8. The van der Waals surface area contributed by atoms with Gasteiger partial charge in [-0.1, -0.05) is 45.0 Å². The van der Waals surface area contributed by atoms with E-state index in [9.17, 15) is 0 Å². The van der Waals surface area contributed by atoms with Gasteiger partial charge >= 0.3 is 7.12 Å². The minimum absolute atomic E-state index is 0.105. The first-order valence-corrected chi connectivity index (χ1v) is 7.42. The largest absolute Gasteiger partial charge is 0.494 e. The molecule has 0 bridgehead atoms. The second kappa shape index (κ2) is 7.11. The van der Waals surface area contributed by atoms with Crippen molar-refractivity contribution in [3.8, 4) is 0 Å². The topological polar surface area (TPSA) is 18.5 Å². The van der Waals surface area contributed by atoms with E-state index in [0.717, 1.165) is 18.3 Å². The van der Waals surface area contributed by atoms with Crippen LogP contribution in [0.3, 0.4) is 0 Å². The zero-order valence-electron chi connectivity index (χ0n) is 13.2. The summed E-state index contributed by atoms with van der Waals surface area (Å²) in [6.07, 6.45) is 2.25. The minimum atomic E-state index is -0.223. The Balaban J connectivity index is 0.000000861. The van der Waals surface area contributed by atoms with Crippen molar-refractivity contribution >= 4 is 12.6 Å². The van der Waals surface area contributed by atoms with Crippen molar-refractivity contribution in [1.29, 1.82) is 0 Å². The SMILES string of the molecule is CC.CCc1ccc(B2OC(C)CC(C)(C)O2)cc1. The van der Waals surface area contributed by atoms with Crippen molar-refractivity contribution in [3.05, 3.63) is 29.8 Å². The van der Waals surface area contributed by atoms with Gasteiger partial charge in [0.05, 0.1) is 5.60 Å². The van der Waals surface area contributed by atoms with Gasteiger partial charge in [-0.25, -0.2) is 0 Å². The summed E-state index contributed by atoms with van der Waals surface area (Å²) in [5, 5.41) is 0. The third-order valence-corrected chi connectivity index (χ3v) is 3.22. The molecule has 0 aromatic heterocycles. The number of benzene rings is 1. The third-order valence-electron chi connectivity index (χ3n) is 3.22. The molecule has 1 unspecified atom stereocenters. The van der Waals surface area contributed by atoms with Crippen LogP contribution >= 0.6 is 0 Å². The van der Waals surface area contributed by atoms with Crippen LogP contribution in [0.25, 0.3) is 0 Å². The highest BCUT2D eigenvalue weighted by atomic mass is 16.6. The quantitative estimate of drug-likeness (QED) is 0.758. The summed E-state index contributed by atoms with van der Waals surface area (Å²) in [6, 6.07) is 8.51. The van der Waals surface area contributed by atoms with Crippen LogP contribution in [0.2, 0.25) is 0 Å². The Morgan fingerprint density at radius 1 is 1.21 bits per heavy atom. The summed E-state index contributed by atoms with van der Waals surface area (Å²) in [4.78, 5) is 0. The molecule has 1 saturated heterocycles. The molecule has 0 aliphatic carbocycles. The summed E-state index contributed by atoms with van der Waals surface area (Å²) in [6.45, 7) is 12.5. The van der Waals surface area contributed by atoms with E-state index in [-0.39, 0.29) is 18.8 Å². The highest BCUT2D eigenvalue weighted by Crippen LogP contribution is 2.25. The lowest BCUT2D eigenvalue weighted by molar-refractivity contribution is -0.0229. The van der Waals surface area contributed by atoms with Crippen LogP contribution in [-0.4, -0.2) is 18.8 Å². The second-order valence-electron chi connectivity index (χ2n) is 5.46. The Labute approximate surface area is 118 Å². The molecule has 2 rings (SSSR count). The van der Waals surface area contributed by atoms with E-state index < -0.39 is 0 Å². The first kappa shape index (κ1) is 16.3. The summed E-state index contributed by atoms with van der Waals surface area (Å²) >= 11 is 0. The molecule has 3 heteroatoms. The summed E-state index contributed by atoms with van der Waals surface area (Å²) in [5.74, 6) is 0. The first-order chi connectivity index (χ1) is 9.00. The lowest BCUT2D eigenvalue weighted by Gasteiger charge is -2.38. The highest BCUT2D eigenvalue weighted by molar-refractivity contribution is 6.61. The zero-order valence-corrected chi connectivity index (χ0v) is 13.2. The predicted octanol–water partition coefficient (Wildman–Crippen LogP) is 3.57. The van der Waals surface area contributed by atoms with Crippen molar-refractivity contribution in [2.24, 2.45) is 0 Å². The molecule has 1 aliphatic rings. The molecule has 1 aromatic rings. The molecule has 0 N–H and O–H groups in total. The average Bonchev–Trinajstić information content (AvgIpc) is 2.39. The van der Waals surface area contributed by atoms with E-state index in [1.165, 1.54) is 5.56 Å². The average molecular weight is 262 g/mol. The zero-order chi connectivity index (χ0) is 14.5. The molecule has 1 aromatic carbocycles. The molecular weight excluding hydrogens is 235 g/mol. The van der Waals surface area contributed by atoms with E-state index in [1.54, 1.807) is 0 Å². The van der Waals surface area contributed by atoms with Gasteiger partial charge in [0, 0.05) is 6.10 Å². The third kappa shape index (κ3) is 4.66. The van der Waals surface area contributed by atoms with Crippen LogP contribution in [0.15, 0.2) is 24.3 Å². The molecule has 2 nitrogen and oxygen atoms in total. The molecule has 1 aliphatic heterocycles. The van der Waals surface area contributed by atoms with Crippen molar-refractivity contribution < 1.29 is 9.31 Å². The fourth-order valence-electron chi connectivity index (χ4n) is 2.37. The second-order valence-corrected chi connectivity index (χ2v) is 5.46. The molecule has 0 saturated carbocycles. The van der Waals surface area contributed by atoms with Gasteiger partial charge in [0.1, 0.15) is 0 Å². The molecule has 1 atom stereocenters. The van der Waals surface area contributed by atoms with Gasteiger partial charge in [-0.05, 0) is 44.6 Å². The lowest BCUT2D eigenvalue weighted by atomic mass is 9.74. The first-order valence-electron chi connectivity index (χ1n) is 7.42. The van der Waals surface area contributed by atoms with E-state index in [0.29, 0.717) is 0 Å². The normalized spacial score (nSPS) is 21.6.